The van der Waals surface area contributed by atoms with E-state index in [9.17, 15) is 44.5 Å². The summed E-state index contributed by atoms with van der Waals surface area (Å²) in [6, 6.07) is 8.32. The number of aromatic hydroxyl groups is 1. The van der Waals surface area contributed by atoms with Crippen molar-refractivity contribution in [2.45, 2.75) is 18.8 Å². The highest BCUT2D eigenvalue weighted by Gasteiger charge is 2.57. The molecule has 0 bridgehead atoms. The molecule has 1 heterocycles. The summed E-state index contributed by atoms with van der Waals surface area (Å²) in [4.78, 5) is 78.9. The van der Waals surface area contributed by atoms with E-state index in [1.807, 2.05) is 0 Å². The van der Waals surface area contributed by atoms with Gasteiger partial charge in [-0.25, -0.2) is 4.90 Å². The monoisotopic (exact) mass is 662 g/mol. The van der Waals surface area contributed by atoms with Gasteiger partial charge in [0.1, 0.15) is 5.75 Å². The molecule has 0 spiro atoms. The van der Waals surface area contributed by atoms with Crippen LogP contribution in [0.25, 0.3) is 0 Å². The van der Waals surface area contributed by atoms with Crippen LogP contribution in [0.1, 0.15) is 24.3 Å². The number of phenolic OH excluding ortho intramolecular Hbond substituents is 1. The fraction of sp³-hybridized carbons (Fsp3) is 0.267. The third-order valence-electron chi connectivity index (χ3n) is 8.73. The van der Waals surface area contributed by atoms with Gasteiger partial charge >= 0.3 is 11.4 Å². The number of carbonyl (C=O) groups is 4. The SMILES string of the molecule is CN(C)c1c([N+](=O)[O-])cc(N2C(=O)[C@H]3[C@H](CC=C4[C@H](c5ccccc5O)C5=C(C[C@H]43)C(=O)C(Br)=CC5=O)C2=O)cc1[N+](=O)[O-]. The van der Waals surface area contributed by atoms with E-state index in [0.29, 0.717) is 11.1 Å². The highest BCUT2D eigenvalue weighted by molar-refractivity contribution is 9.12. The standard InChI is InChI=1S/C30H23BrN4O9/c1-32(2)27-20(34(41)42)9-13(10-21(27)35(43)44)33-29(39)16-8-7-14-17(25(16)30(33)40)11-18-26(23(37)12-19(31)28(18)38)24(14)15-5-3-4-6-22(15)36/h3-7,9-10,12,16-17,24-25,36H,8,11H2,1-2H3/t16-,17+,24+,25-/m0/s1. The molecule has 2 aromatic rings. The molecule has 0 unspecified atom stereocenters. The zero-order chi connectivity index (χ0) is 31.8. The number of ketones is 2. The molecule has 1 N–H and O–H groups in total. The molecule has 1 fully saturated rings. The number of nitro groups is 2. The normalized spacial score (nSPS) is 24.4. The molecule has 2 amide bonds. The van der Waals surface area contributed by atoms with E-state index >= 15 is 0 Å². The Labute approximate surface area is 257 Å². The van der Waals surface area contributed by atoms with E-state index in [4.69, 9.17) is 0 Å². The van der Waals surface area contributed by atoms with Crippen LogP contribution in [0.5, 0.6) is 5.75 Å². The number of carbonyl (C=O) groups excluding carboxylic acids is 4. The van der Waals surface area contributed by atoms with Gasteiger partial charge in [-0.2, -0.15) is 0 Å². The molecule has 4 aliphatic rings. The van der Waals surface area contributed by atoms with Crippen LogP contribution >= 0.6 is 15.9 Å². The van der Waals surface area contributed by atoms with E-state index in [1.54, 1.807) is 24.3 Å². The Morgan fingerprint density at radius 2 is 1.61 bits per heavy atom. The molecule has 0 radical (unpaired) electrons. The number of nitro benzene ring substituents is 2. The molecule has 3 aliphatic carbocycles. The summed E-state index contributed by atoms with van der Waals surface area (Å²) >= 11 is 3.16. The molecule has 1 saturated heterocycles. The number of rotatable bonds is 5. The lowest BCUT2D eigenvalue weighted by molar-refractivity contribution is -0.392. The van der Waals surface area contributed by atoms with Gasteiger partial charge < -0.3 is 10.0 Å². The van der Waals surface area contributed by atoms with E-state index in [-0.39, 0.29) is 45.6 Å². The Bertz CT molecular complexity index is 1810. The van der Waals surface area contributed by atoms with Crippen LogP contribution in [-0.2, 0) is 19.2 Å². The second kappa shape index (κ2) is 10.3. The minimum absolute atomic E-state index is 0.0351. The van der Waals surface area contributed by atoms with Crippen molar-refractivity contribution in [3.05, 3.63) is 95.5 Å². The van der Waals surface area contributed by atoms with Crippen LogP contribution < -0.4 is 9.80 Å². The van der Waals surface area contributed by atoms with Crippen molar-refractivity contribution in [3.63, 3.8) is 0 Å². The van der Waals surface area contributed by atoms with Crippen molar-refractivity contribution < 1.29 is 34.1 Å². The van der Waals surface area contributed by atoms with Gasteiger partial charge in [-0.05, 0) is 40.8 Å². The lowest BCUT2D eigenvalue weighted by Gasteiger charge is -2.42. The maximum atomic E-state index is 14.2. The maximum absolute atomic E-state index is 14.2. The van der Waals surface area contributed by atoms with Crippen LogP contribution in [0.4, 0.5) is 22.7 Å². The predicted molar refractivity (Wildman–Crippen MR) is 159 cm³/mol. The number of halogens is 1. The number of amides is 2. The third kappa shape index (κ3) is 4.19. The Balaban J connectivity index is 1.49. The van der Waals surface area contributed by atoms with Gasteiger partial charge in [0.2, 0.25) is 11.8 Å². The number of imide groups is 1. The molecular weight excluding hydrogens is 640 g/mol. The van der Waals surface area contributed by atoms with E-state index < -0.39 is 68.3 Å². The number of Topliss-reactive ketones (excluding diaryl/α,β-unsaturated/α-hetero) is 1. The zero-order valence-electron chi connectivity index (χ0n) is 23.2. The topological polar surface area (TPSA) is 181 Å². The lowest BCUT2D eigenvalue weighted by Crippen LogP contribution is -2.39. The number of benzene rings is 2. The molecule has 6 rings (SSSR count). The fourth-order valence-electron chi connectivity index (χ4n) is 7.00. The molecule has 2 aromatic carbocycles. The first-order valence-electron chi connectivity index (χ1n) is 13.5. The summed E-state index contributed by atoms with van der Waals surface area (Å²) < 4.78 is 0.0492. The highest BCUT2D eigenvalue weighted by atomic mass is 79.9. The van der Waals surface area contributed by atoms with Crippen molar-refractivity contribution in [3.8, 4) is 5.75 Å². The Kier molecular flexibility index (Phi) is 6.83. The summed E-state index contributed by atoms with van der Waals surface area (Å²) in [5.74, 6) is -5.91. The van der Waals surface area contributed by atoms with Crippen molar-refractivity contribution in [2.24, 2.45) is 17.8 Å². The van der Waals surface area contributed by atoms with Crippen molar-refractivity contribution in [1.82, 2.24) is 0 Å². The number of phenols is 1. The Morgan fingerprint density at radius 1 is 0.977 bits per heavy atom. The number of para-hydroxylation sites is 1. The third-order valence-corrected chi connectivity index (χ3v) is 9.32. The van der Waals surface area contributed by atoms with Gasteiger partial charge in [0.25, 0.3) is 0 Å². The molecule has 0 saturated carbocycles. The number of nitrogens with zero attached hydrogens (tertiary/aromatic N) is 4. The average Bonchev–Trinajstić information content (AvgIpc) is 3.23. The van der Waals surface area contributed by atoms with E-state index in [1.165, 1.54) is 31.1 Å². The number of hydrogen-bond acceptors (Lipinski definition) is 10. The van der Waals surface area contributed by atoms with E-state index in [0.717, 1.165) is 17.0 Å². The van der Waals surface area contributed by atoms with E-state index in [2.05, 4.69) is 15.9 Å². The first kappa shape index (κ1) is 29.1. The summed E-state index contributed by atoms with van der Waals surface area (Å²) in [5, 5.41) is 34.7. The quantitative estimate of drug-likeness (QED) is 0.160. The maximum Gasteiger partial charge on any atom is 0.301 e. The summed E-state index contributed by atoms with van der Waals surface area (Å²) in [7, 11) is 2.81. The zero-order valence-corrected chi connectivity index (χ0v) is 24.8. The summed E-state index contributed by atoms with van der Waals surface area (Å²) in [6.45, 7) is 0. The van der Waals surface area contributed by atoms with Crippen LogP contribution in [0.3, 0.4) is 0 Å². The second-order valence-electron chi connectivity index (χ2n) is 11.2. The number of anilines is 2. The Hall–Kier alpha value is -4.98. The molecule has 44 heavy (non-hydrogen) atoms. The Morgan fingerprint density at radius 3 is 2.20 bits per heavy atom. The van der Waals surface area contributed by atoms with Gasteiger partial charge in [-0.3, -0.25) is 39.4 Å². The highest BCUT2D eigenvalue weighted by Crippen LogP contribution is 2.57. The molecule has 14 heteroatoms. The molecule has 1 aliphatic heterocycles. The van der Waals surface area contributed by atoms with Gasteiger partial charge in [0, 0.05) is 54.9 Å². The summed E-state index contributed by atoms with van der Waals surface area (Å²) in [6.07, 6.45) is 2.98. The molecule has 4 atom stereocenters. The first-order chi connectivity index (χ1) is 20.8. The van der Waals surface area contributed by atoms with Crippen LogP contribution in [0.15, 0.2) is 69.8 Å². The summed E-state index contributed by atoms with van der Waals surface area (Å²) in [5.41, 5.74) is -0.571. The fourth-order valence-corrected chi connectivity index (χ4v) is 7.45. The smallest absolute Gasteiger partial charge is 0.301 e. The molecular formula is C30H23BrN4O9. The van der Waals surface area contributed by atoms with Crippen molar-refractivity contribution >= 4 is 62.1 Å². The average molecular weight is 663 g/mol. The second-order valence-corrected chi connectivity index (χ2v) is 12.1. The van der Waals surface area contributed by atoms with Crippen LogP contribution in [0.2, 0.25) is 0 Å². The first-order valence-corrected chi connectivity index (χ1v) is 14.3. The number of allylic oxidation sites excluding steroid dienone is 6. The van der Waals surface area contributed by atoms with Crippen LogP contribution in [-0.4, -0.2) is 52.4 Å². The minimum Gasteiger partial charge on any atom is -0.508 e. The minimum atomic E-state index is -1.02. The van der Waals surface area contributed by atoms with Gasteiger partial charge in [0.05, 0.1) is 31.9 Å². The molecule has 224 valence electrons. The van der Waals surface area contributed by atoms with Gasteiger partial charge in [0.15, 0.2) is 17.3 Å². The molecule has 0 aromatic heterocycles. The largest absolute Gasteiger partial charge is 0.508 e. The van der Waals surface area contributed by atoms with Crippen molar-refractivity contribution in [1.29, 1.82) is 0 Å². The van der Waals surface area contributed by atoms with Crippen LogP contribution in [0, 0.1) is 38.0 Å². The van der Waals surface area contributed by atoms with Crippen molar-refractivity contribution in [2.75, 3.05) is 23.9 Å². The number of hydrogen-bond donors (Lipinski definition) is 1. The number of fused-ring (bicyclic) bond motifs is 3. The predicted octanol–water partition coefficient (Wildman–Crippen LogP) is 4.24. The molecule has 13 nitrogen and oxygen atoms in total. The van der Waals surface area contributed by atoms with Gasteiger partial charge in [-0.1, -0.05) is 29.8 Å². The van der Waals surface area contributed by atoms with Gasteiger partial charge in [-0.15, -0.1) is 0 Å². The lowest BCUT2D eigenvalue weighted by atomic mass is 9.59.